The predicted octanol–water partition coefficient (Wildman–Crippen LogP) is 1.06. The van der Waals surface area contributed by atoms with Crippen molar-refractivity contribution < 1.29 is 13.5 Å². The van der Waals surface area contributed by atoms with Crippen molar-refractivity contribution >= 4 is 10.0 Å². The van der Waals surface area contributed by atoms with Gasteiger partial charge in [-0.1, -0.05) is 34.6 Å². The van der Waals surface area contributed by atoms with Crippen molar-refractivity contribution in [3.63, 3.8) is 0 Å². The highest BCUT2D eigenvalue weighted by atomic mass is 32.2. The molecule has 0 radical (unpaired) electrons. The van der Waals surface area contributed by atoms with E-state index in [1.54, 1.807) is 0 Å². The zero-order valence-electron chi connectivity index (χ0n) is 10.8. The summed E-state index contributed by atoms with van der Waals surface area (Å²) in [6.45, 7) is 10.0. The van der Waals surface area contributed by atoms with Crippen LogP contribution in [0.4, 0.5) is 0 Å². The number of β-amino-alcohol motifs (C(OH)–C–C–N with tert-alkyl or cyclic N) is 1. The Morgan fingerprint density at radius 3 is 2.06 bits per heavy atom. The molecule has 0 saturated carbocycles. The Labute approximate surface area is 98.7 Å². The smallest absolute Gasteiger partial charge is 0.214 e. The van der Waals surface area contributed by atoms with Gasteiger partial charge in [-0.25, -0.2) is 8.42 Å². The molecule has 4 nitrogen and oxygen atoms in total. The van der Waals surface area contributed by atoms with Crippen LogP contribution in [0.25, 0.3) is 0 Å². The topological polar surface area (TPSA) is 57.6 Å². The van der Waals surface area contributed by atoms with Gasteiger partial charge in [-0.2, -0.15) is 4.31 Å². The van der Waals surface area contributed by atoms with Crippen molar-refractivity contribution in [2.45, 2.75) is 40.2 Å². The van der Waals surface area contributed by atoms with Crippen LogP contribution in [0.1, 0.15) is 34.6 Å². The van der Waals surface area contributed by atoms with Crippen LogP contribution in [0.5, 0.6) is 0 Å². The van der Waals surface area contributed by atoms with Crippen LogP contribution in [0.2, 0.25) is 0 Å². The van der Waals surface area contributed by atoms with E-state index in [1.807, 2.05) is 34.6 Å². The Morgan fingerprint density at radius 1 is 1.31 bits per heavy atom. The van der Waals surface area contributed by atoms with Crippen LogP contribution in [0, 0.1) is 11.3 Å². The third-order valence-electron chi connectivity index (χ3n) is 2.98. The highest BCUT2D eigenvalue weighted by molar-refractivity contribution is 7.89. The first-order chi connectivity index (χ1) is 6.96. The third-order valence-corrected chi connectivity index (χ3v) is 5.26. The molecule has 0 aromatic carbocycles. The summed E-state index contributed by atoms with van der Waals surface area (Å²) in [7, 11) is -3.21. The van der Waals surface area contributed by atoms with Crippen LogP contribution in [-0.2, 0) is 10.0 Å². The van der Waals surface area contributed by atoms with Crippen molar-refractivity contribution in [2.24, 2.45) is 11.3 Å². The van der Waals surface area contributed by atoms with Gasteiger partial charge in [-0.15, -0.1) is 0 Å². The Balaban J connectivity index is 2.64. The molecule has 96 valence electrons. The van der Waals surface area contributed by atoms with E-state index in [0.717, 1.165) is 0 Å². The number of hydrogen-bond acceptors (Lipinski definition) is 3. The van der Waals surface area contributed by atoms with Crippen LogP contribution in [-0.4, -0.2) is 42.3 Å². The van der Waals surface area contributed by atoms with E-state index in [9.17, 15) is 13.5 Å². The molecule has 1 aliphatic rings. The van der Waals surface area contributed by atoms with E-state index >= 15 is 0 Å². The Morgan fingerprint density at radius 2 is 1.75 bits per heavy atom. The maximum absolute atomic E-state index is 12.0. The molecule has 1 heterocycles. The summed E-state index contributed by atoms with van der Waals surface area (Å²) in [6, 6.07) is 0. The minimum absolute atomic E-state index is 0.0913. The lowest BCUT2D eigenvalue weighted by atomic mass is 9.85. The summed E-state index contributed by atoms with van der Waals surface area (Å²) in [5, 5.41) is 10.0. The second-order valence-corrected chi connectivity index (χ2v) is 8.31. The lowest BCUT2D eigenvalue weighted by Gasteiger charge is -2.48. The molecule has 0 aliphatic carbocycles. The zero-order chi connectivity index (χ0) is 12.8. The highest BCUT2D eigenvalue weighted by Gasteiger charge is 2.49. The van der Waals surface area contributed by atoms with Crippen molar-refractivity contribution in [2.75, 3.05) is 18.8 Å². The van der Waals surface area contributed by atoms with Crippen LogP contribution in [0.3, 0.4) is 0 Å². The molecule has 16 heavy (non-hydrogen) atoms. The fourth-order valence-electron chi connectivity index (χ4n) is 1.76. The summed E-state index contributed by atoms with van der Waals surface area (Å²) < 4.78 is 25.3. The molecule has 1 saturated heterocycles. The minimum atomic E-state index is -3.21. The van der Waals surface area contributed by atoms with E-state index < -0.39 is 15.6 Å². The van der Waals surface area contributed by atoms with E-state index in [-0.39, 0.29) is 30.2 Å². The Bertz CT molecular complexity index is 348. The minimum Gasteiger partial charge on any atom is -0.387 e. The molecule has 5 heteroatoms. The Hall–Kier alpha value is -0.130. The van der Waals surface area contributed by atoms with Crippen LogP contribution in [0.15, 0.2) is 0 Å². The number of nitrogens with zero attached hydrogens (tertiary/aromatic N) is 1. The van der Waals surface area contributed by atoms with Gasteiger partial charge in [-0.3, -0.25) is 0 Å². The SMILES string of the molecule is CC(C)C1(O)CN(S(=O)(=O)CC(C)(C)C)C1. The standard InChI is InChI=1S/C11H23NO3S/c1-9(2)11(13)6-12(7-11)16(14,15)8-10(3,4)5/h9,13H,6-8H2,1-5H3. The first kappa shape index (κ1) is 13.9. The summed E-state index contributed by atoms with van der Waals surface area (Å²) in [6.07, 6.45) is 0. The molecule has 0 bridgehead atoms. The fraction of sp³-hybridized carbons (Fsp3) is 1.00. The number of hydrogen-bond donors (Lipinski definition) is 1. The van der Waals surface area contributed by atoms with Gasteiger partial charge >= 0.3 is 0 Å². The van der Waals surface area contributed by atoms with E-state index in [1.165, 1.54) is 4.31 Å². The van der Waals surface area contributed by atoms with Crippen molar-refractivity contribution in [1.82, 2.24) is 4.31 Å². The van der Waals surface area contributed by atoms with Gasteiger partial charge in [-0.05, 0) is 11.3 Å². The predicted molar refractivity (Wildman–Crippen MR) is 64.6 cm³/mol. The molecular weight excluding hydrogens is 226 g/mol. The summed E-state index contributed by atoms with van der Waals surface area (Å²) in [5.41, 5.74) is -1.07. The normalized spacial score (nSPS) is 22.2. The molecule has 1 aliphatic heterocycles. The van der Waals surface area contributed by atoms with Gasteiger partial charge in [0.15, 0.2) is 0 Å². The van der Waals surface area contributed by atoms with E-state index in [0.29, 0.717) is 0 Å². The second kappa shape index (κ2) is 3.96. The van der Waals surface area contributed by atoms with Gasteiger partial charge in [0, 0.05) is 13.1 Å². The number of rotatable bonds is 3. The number of sulfonamides is 1. The van der Waals surface area contributed by atoms with Crippen molar-refractivity contribution in [3.05, 3.63) is 0 Å². The lowest BCUT2D eigenvalue weighted by molar-refractivity contribution is -0.0934. The lowest BCUT2D eigenvalue weighted by Crippen LogP contribution is -2.66. The van der Waals surface area contributed by atoms with Crippen LogP contribution < -0.4 is 0 Å². The third kappa shape index (κ3) is 2.96. The maximum atomic E-state index is 12.0. The zero-order valence-corrected chi connectivity index (χ0v) is 11.6. The van der Waals surface area contributed by atoms with Crippen molar-refractivity contribution in [1.29, 1.82) is 0 Å². The average Bonchev–Trinajstić information content (AvgIpc) is 1.92. The van der Waals surface area contributed by atoms with Gasteiger partial charge in [0.2, 0.25) is 10.0 Å². The molecule has 1 N–H and O–H groups in total. The number of aliphatic hydroxyl groups is 1. The first-order valence-electron chi connectivity index (χ1n) is 5.66. The van der Waals surface area contributed by atoms with Gasteiger partial charge < -0.3 is 5.11 Å². The summed E-state index contributed by atoms with van der Waals surface area (Å²) in [4.78, 5) is 0. The van der Waals surface area contributed by atoms with E-state index in [2.05, 4.69) is 0 Å². The first-order valence-corrected chi connectivity index (χ1v) is 7.27. The monoisotopic (exact) mass is 249 g/mol. The van der Waals surface area contributed by atoms with Crippen LogP contribution >= 0.6 is 0 Å². The molecule has 0 aromatic rings. The Kier molecular flexibility index (Phi) is 3.45. The largest absolute Gasteiger partial charge is 0.387 e. The molecule has 1 rings (SSSR count). The highest BCUT2D eigenvalue weighted by Crippen LogP contribution is 2.32. The molecule has 0 spiro atoms. The maximum Gasteiger partial charge on any atom is 0.214 e. The quantitative estimate of drug-likeness (QED) is 0.814. The fourth-order valence-corrected chi connectivity index (χ4v) is 3.88. The molecule has 1 fully saturated rings. The second-order valence-electron chi connectivity index (χ2n) is 6.34. The molecule has 0 unspecified atom stereocenters. The molecule has 0 atom stereocenters. The summed E-state index contributed by atoms with van der Waals surface area (Å²) in [5.74, 6) is 0.224. The van der Waals surface area contributed by atoms with Crippen molar-refractivity contribution in [3.8, 4) is 0 Å². The molecule has 0 amide bonds. The van der Waals surface area contributed by atoms with Gasteiger partial charge in [0.25, 0.3) is 0 Å². The van der Waals surface area contributed by atoms with Gasteiger partial charge in [0.05, 0.1) is 11.4 Å². The summed E-state index contributed by atoms with van der Waals surface area (Å²) >= 11 is 0. The van der Waals surface area contributed by atoms with E-state index in [4.69, 9.17) is 0 Å². The van der Waals surface area contributed by atoms with Gasteiger partial charge in [0.1, 0.15) is 0 Å². The average molecular weight is 249 g/mol. The molecular formula is C11H23NO3S. The molecule has 0 aromatic heterocycles.